The molecule has 3 aliphatic rings. The molecule has 7 nitrogen and oxygen atoms in total. The van der Waals surface area contributed by atoms with Gasteiger partial charge in [-0.25, -0.2) is 9.59 Å². The topological polar surface area (TPSA) is 105 Å². The normalized spacial score (nSPS) is 18.4. The summed E-state index contributed by atoms with van der Waals surface area (Å²) in [5.74, 6) is -0.821. The lowest BCUT2D eigenvalue weighted by atomic mass is 9.98. The number of fused-ring (bicyclic) bond motifs is 3. The summed E-state index contributed by atoms with van der Waals surface area (Å²) in [5.41, 5.74) is 4.53. The van der Waals surface area contributed by atoms with Crippen molar-refractivity contribution in [3.8, 4) is 11.1 Å². The number of rotatable bonds is 10. The van der Waals surface area contributed by atoms with Crippen LogP contribution in [-0.2, 0) is 14.3 Å². The van der Waals surface area contributed by atoms with E-state index in [1.165, 1.54) is 0 Å². The van der Waals surface area contributed by atoms with Gasteiger partial charge in [-0.2, -0.15) is 0 Å². The van der Waals surface area contributed by atoms with E-state index in [1.54, 1.807) is 0 Å². The van der Waals surface area contributed by atoms with Crippen molar-refractivity contribution in [1.29, 1.82) is 0 Å². The molecule has 5 rings (SSSR count). The number of carboxylic acids is 1. The average molecular weight is 463 g/mol. The number of ether oxygens (including phenoxy) is 1. The van der Waals surface area contributed by atoms with Gasteiger partial charge < -0.3 is 20.5 Å². The zero-order valence-corrected chi connectivity index (χ0v) is 19.0. The molecule has 2 saturated carbocycles. The second-order valence-corrected chi connectivity index (χ2v) is 9.78. The number of nitrogens with one attached hydrogen (secondary N) is 2. The molecule has 7 heteroatoms. The van der Waals surface area contributed by atoms with E-state index in [9.17, 15) is 19.5 Å². The molecular weight excluding hydrogens is 432 g/mol. The molecule has 2 aromatic rings. The van der Waals surface area contributed by atoms with Gasteiger partial charge in [0, 0.05) is 5.92 Å². The maximum absolute atomic E-state index is 12.9. The van der Waals surface area contributed by atoms with Gasteiger partial charge >= 0.3 is 12.1 Å². The first-order valence-corrected chi connectivity index (χ1v) is 12.1. The van der Waals surface area contributed by atoms with Crippen LogP contribution < -0.4 is 10.6 Å². The summed E-state index contributed by atoms with van der Waals surface area (Å²) in [4.78, 5) is 37.2. The minimum absolute atomic E-state index is 0.0659. The Morgan fingerprint density at radius 3 is 1.88 bits per heavy atom. The van der Waals surface area contributed by atoms with Crippen molar-refractivity contribution in [3.05, 3.63) is 59.7 Å². The van der Waals surface area contributed by atoms with Crippen LogP contribution >= 0.6 is 0 Å². The van der Waals surface area contributed by atoms with Crippen LogP contribution in [0, 0.1) is 11.8 Å². The van der Waals surface area contributed by atoms with Crippen LogP contribution in [0.5, 0.6) is 0 Å². The Morgan fingerprint density at radius 2 is 1.35 bits per heavy atom. The van der Waals surface area contributed by atoms with E-state index in [0.717, 1.165) is 47.9 Å². The zero-order valence-electron chi connectivity index (χ0n) is 19.0. The molecule has 34 heavy (non-hydrogen) atoms. The minimum atomic E-state index is -1.04. The number of benzene rings is 2. The van der Waals surface area contributed by atoms with Gasteiger partial charge in [-0.05, 0) is 46.9 Å². The average Bonchev–Trinajstić information content (AvgIpc) is 3.76. The summed E-state index contributed by atoms with van der Waals surface area (Å²) in [7, 11) is 0. The van der Waals surface area contributed by atoms with Crippen LogP contribution in [-0.4, -0.2) is 41.8 Å². The van der Waals surface area contributed by atoms with Crippen molar-refractivity contribution >= 4 is 18.0 Å². The van der Waals surface area contributed by atoms with Gasteiger partial charge in [-0.1, -0.05) is 74.2 Å². The molecule has 3 N–H and O–H groups in total. The number of amides is 2. The number of hydrogen-bond donors (Lipinski definition) is 3. The lowest BCUT2D eigenvalue weighted by Gasteiger charge is -2.22. The standard InChI is InChI=1S/C27H30N2O5/c30-25(28-24(26(31)32)14-17-11-12-17)23(13-16-9-10-16)29-27(33)34-15-22-20-7-3-1-5-18(20)19-6-2-4-8-21(19)22/h1-8,16-17,22-24H,9-15H2,(H,28,30)(H,29,33)(H,31,32)/t23-,24-/m0/s1. The molecule has 178 valence electrons. The van der Waals surface area contributed by atoms with Gasteiger partial charge in [0.05, 0.1) is 0 Å². The first-order valence-electron chi connectivity index (χ1n) is 12.1. The quantitative estimate of drug-likeness (QED) is 0.494. The van der Waals surface area contributed by atoms with Crippen molar-refractivity contribution in [2.75, 3.05) is 6.61 Å². The Balaban J connectivity index is 1.22. The van der Waals surface area contributed by atoms with Crippen LogP contribution in [0.3, 0.4) is 0 Å². The van der Waals surface area contributed by atoms with Gasteiger partial charge in [0.1, 0.15) is 18.7 Å². The number of aliphatic carboxylic acids is 1. The molecule has 0 spiro atoms. The first kappa shape index (κ1) is 22.4. The Hall–Kier alpha value is -3.35. The number of carbonyl (C=O) groups excluding carboxylic acids is 2. The molecule has 2 fully saturated rings. The number of carbonyl (C=O) groups is 3. The Bertz CT molecular complexity index is 1050. The zero-order chi connectivity index (χ0) is 23.7. The van der Waals surface area contributed by atoms with Crippen molar-refractivity contribution in [3.63, 3.8) is 0 Å². The van der Waals surface area contributed by atoms with Crippen LogP contribution in [0.2, 0.25) is 0 Å². The predicted molar refractivity (Wildman–Crippen MR) is 126 cm³/mol. The van der Waals surface area contributed by atoms with Gasteiger partial charge in [-0.15, -0.1) is 0 Å². The molecule has 0 unspecified atom stereocenters. The molecule has 0 aromatic heterocycles. The lowest BCUT2D eigenvalue weighted by Crippen LogP contribution is -2.52. The smallest absolute Gasteiger partial charge is 0.407 e. The lowest BCUT2D eigenvalue weighted by molar-refractivity contribution is -0.142. The highest BCUT2D eigenvalue weighted by atomic mass is 16.5. The number of hydrogen-bond acceptors (Lipinski definition) is 4. The Morgan fingerprint density at radius 1 is 0.824 bits per heavy atom. The van der Waals surface area contributed by atoms with E-state index in [2.05, 4.69) is 34.9 Å². The fourth-order valence-corrected chi connectivity index (χ4v) is 4.88. The van der Waals surface area contributed by atoms with Gasteiger partial charge in [0.15, 0.2) is 0 Å². The van der Waals surface area contributed by atoms with Crippen molar-refractivity contribution in [1.82, 2.24) is 10.6 Å². The third kappa shape index (κ3) is 5.08. The van der Waals surface area contributed by atoms with Crippen molar-refractivity contribution in [2.45, 2.75) is 56.5 Å². The highest BCUT2D eigenvalue weighted by Gasteiger charge is 2.35. The third-order valence-electron chi connectivity index (χ3n) is 7.10. The van der Waals surface area contributed by atoms with Crippen LogP contribution in [0.1, 0.15) is 55.6 Å². The van der Waals surface area contributed by atoms with E-state index in [-0.39, 0.29) is 12.5 Å². The van der Waals surface area contributed by atoms with Crippen LogP contribution in [0.4, 0.5) is 4.79 Å². The second-order valence-electron chi connectivity index (χ2n) is 9.78. The summed E-state index contributed by atoms with van der Waals surface area (Å²) in [6.07, 6.45) is 4.30. The number of carboxylic acid groups (broad SMARTS) is 1. The monoisotopic (exact) mass is 462 g/mol. The summed E-state index contributed by atoms with van der Waals surface area (Å²) >= 11 is 0. The molecule has 0 radical (unpaired) electrons. The highest BCUT2D eigenvalue weighted by Crippen LogP contribution is 2.44. The van der Waals surface area contributed by atoms with Gasteiger partial charge in [-0.3, -0.25) is 4.79 Å². The summed E-state index contributed by atoms with van der Waals surface area (Å²) in [5, 5.41) is 14.8. The third-order valence-corrected chi connectivity index (χ3v) is 7.10. The molecule has 0 bridgehead atoms. The molecule has 0 aliphatic heterocycles. The molecule has 3 aliphatic carbocycles. The molecule has 0 heterocycles. The first-order chi connectivity index (χ1) is 16.5. The summed E-state index contributed by atoms with van der Waals surface area (Å²) in [6, 6.07) is 14.5. The Labute approximate surface area is 198 Å². The largest absolute Gasteiger partial charge is 0.480 e. The molecule has 0 saturated heterocycles. The van der Waals surface area contributed by atoms with E-state index in [0.29, 0.717) is 24.7 Å². The minimum Gasteiger partial charge on any atom is -0.480 e. The highest BCUT2D eigenvalue weighted by molar-refractivity contribution is 5.89. The second kappa shape index (κ2) is 9.49. The van der Waals surface area contributed by atoms with Crippen LogP contribution in [0.15, 0.2) is 48.5 Å². The van der Waals surface area contributed by atoms with Gasteiger partial charge in [0.2, 0.25) is 5.91 Å². The van der Waals surface area contributed by atoms with E-state index in [1.807, 2.05) is 24.3 Å². The molecule has 2 aromatic carbocycles. The summed E-state index contributed by atoms with van der Waals surface area (Å²) in [6.45, 7) is 0.164. The van der Waals surface area contributed by atoms with Gasteiger partial charge in [0.25, 0.3) is 0 Å². The van der Waals surface area contributed by atoms with Crippen molar-refractivity contribution in [2.24, 2.45) is 11.8 Å². The molecular formula is C27H30N2O5. The van der Waals surface area contributed by atoms with E-state index in [4.69, 9.17) is 4.74 Å². The molecule has 2 amide bonds. The summed E-state index contributed by atoms with van der Waals surface area (Å²) < 4.78 is 5.60. The van der Waals surface area contributed by atoms with E-state index < -0.39 is 30.1 Å². The fourth-order valence-electron chi connectivity index (χ4n) is 4.88. The maximum atomic E-state index is 12.9. The SMILES string of the molecule is O=C(N[C@@H](CC1CC1)C(=O)N[C@@H](CC1CC1)C(=O)O)OCC1c2ccccc2-c2ccccc21. The number of alkyl carbamates (subject to hydrolysis) is 1. The van der Waals surface area contributed by atoms with E-state index >= 15 is 0 Å². The Kier molecular flexibility index (Phi) is 6.26. The van der Waals surface area contributed by atoms with Crippen molar-refractivity contribution < 1.29 is 24.2 Å². The van der Waals surface area contributed by atoms with Crippen LogP contribution in [0.25, 0.3) is 11.1 Å². The maximum Gasteiger partial charge on any atom is 0.407 e. The predicted octanol–water partition coefficient (Wildman–Crippen LogP) is 4.06. The molecule has 2 atom stereocenters. The fraction of sp³-hybridized carbons (Fsp3) is 0.444.